The number of ether oxygens (including phenoxy) is 14. The molecule has 0 fully saturated rings. The Morgan fingerprint density at radius 1 is 0.360 bits per heavy atom. The van der Waals surface area contributed by atoms with E-state index in [0.29, 0.717) is 159 Å². The van der Waals surface area contributed by atoms with Gasteiger partial charge in [0.2, 0.25) is 0 Å². The molecule has 0 saturated carbocycles. The van der Waals surface area contributed by atoms with E-state index in [4.69, 9.17) is 71.4 Å². The zero-order valence-electron chi connectivity index (χ0n) is 30.6. The highest BCUT2D eigenvalue weighted by Gasteiger charge is 2.15. The Morgan fingerprint density at radius 2 is 0.560 bits per heavy atom. The number of rotatable bonds is 41. The van der Waals surface area contributed by atoms with Crippen LogP contribution in [0.3, 0.4) is 0 Å². The molecule has 17 heteroatoms. The van der Waals surface area contributed by atoms with Gasteiger partial charge in [-0.25, -0.2) is 4.79 Å². The molecule has 0 saturated heterocycles. The van der Waals surface area contributed by atoms with Crippen LogP contribution in [0.4, 0.5) is 0 Å². The first-order chi connectivity index (χ1) is 24.3. The molecule has 0 aliphatic heterocycles. The highest BCUT2D eigenvalue weighted by molar-refractivity contribution is 5.69. The van der Waals surface area contributed by atoms with Crippen molar-refractivity contribution in [2.24, 2.45) is 0 Å². The van der Waals surface area contributed by atoms with Crippen LogP contribution in [0.5, 0.6) is 0 Å². The van der Waals surface area contributed by atoms with Gasteiger partial charge in [0.15, 0.2) is 0 Å². The fraction of sp³-hybridized carbons (Fsp3) is 0.939. The Morgan fingerprint density at radius 3 is 0.760 bits per heavy atom. The minimum absolute atomic E-state index is 0.226. The molecule has 1 N–H and O–H groups in total. The van der Waals surface area contributed by atoms with Crippen molar-refractivity contribution in [2.45, 2.75) is 32.8 Å². The summed E-state index contributed by atoms with van der Waals surface area (Å²) in [7, 11) is 0. The van der Waals surface area contributed by atoms with Crippen molar-refractivity contribution in [1.82, 2.24) is 0 Å². The first-order valence-electron chi connectivity index (χ1n) is 17.3. The number of hydrogen-bond acceptors (Lipinski definition) is 16. The molecule has 0 spiro atoms. The molecule has 0 unspecified atom stereocenters. The Balaban J connectivity index is 3.10. The lowest BCUT2D eigenvalue weighted by atomic mass is 10.2. The molecule has 0 atom stereocenters. The summed E-state index contributed by atoms with van der Waals surface area (Å²) in [6.07, 6.45) is 0.226. The zero-order chi connectivity index (χ0) is 36.6. The van der Waals surface area contributed by atoms with Crippen LogP contribution in [0, 0.1) is 0 Å². The van der Waals surface area contributed by atoms with E-state index in [1.807, 2.05) is 20.8 Å². The molecule has 0 aromatic rings. The van der Waals surface area contributed by atoms with Gasteiger partial charge in [-0.3, -0.25) is 4.79 Å². The van der Waals surface area contributed by atoms with Gasteiger partial charge in [-0.05, 0) is 20.8 Å². The lowest BCUT2D eigenvalue weighted by molar-refractivity contribution is -0.156. The summed E-state index contributed by atoms with van der Waals surface area (Å²) in [5.74, 6) is -1.27. The zero-order valence-corrected chi connectivity index (χ0v) is 30.6. The second kappa shape index (κ2) is 38.6. The van der Waals surface area contributed by atoms with Crippen molar-refractivity contribution in [2.75, 3.05) is 172 Å². The molecule has 0 aliphatic rings. The molecule has 0 heterocycles. The van der Waals surface area contributed by atoms with Crippen LogP contribution in [0.2, 0.25) is 0 Å². The lowest BCUT2D eigenvalue weighted by Crippen LogP contribution is -2.24. The van der Waals surface area contributed by atoms with E-state index in [9.17, 15) is 9.59 Å². The van der Waals surface area contributed by atoms with Gasteiger partial charge in [-0.15, -0.1) is 0 Å². The highest BCUT2D eigenvalue weighted by atomic mass is 16.6. The first-order valence-corrected chi connectivity index (χ1v) is 17.3. The molecule has 17 nitrogen and oxygen atoms in total. The molecule has 50 heavy (non-hydrogen) atoms. The van der Waals surface area contributed by atoms with Crippen LogP contribution in [0.15, 0.2) is 0 Å². The van der Waals surface area contributed by atoms with Crippen molar-refractivity contribution in [3.8, 4) is 0 Å². The van der Waals surface area contributed by atoms with Crippen LogP contribution in [-0.4, -0.2) is 194 Å². The van der Waals surface area contributed by atoms with Gasteiger partial charge >= 0.3 is 11.9 Å². The third-order valence-corrected chi connectivity index (χ3v) is 5.56. The molecule has 0 amide bonds. The minimum atomic E-state index is -1.000. The molecule has 0 bridgehead atoms. The molecular weight excluding hydrogens is 668 g/mol. The van der Waals surface area contributed by atoms with Gasteiger partial charge in [0.25, 0.3) is 0 Å². The number of carbonyl (C=O) groups is 2. The van der Waals surface area contributed by atoms with E-state index < -0.39 is 11.6 Å². The van der Waals surface area contributed by atoms with Crippen LogP contribution >= 0.6 is 0 Å². The molecule has 0 aromatic heterocycles. The number of carboxylic acid groups (broad SMARTS) is 1. The molecular formula is C33H64O17. The predicted molar refractivity (Wildman–Crippen MR) is 179 cm³/mol. The van der Waals surface area contributed by atoms with Crippen molar-refractivity contribution in [3.63, 3.8) is 0 Å². The third-order valence-electron chi connectivity index (χ3n) is 5.56. The fourth-order valence-electron chi connectivity index (χ4n) is 3.35. The molecule has 0 aromatic carbocycles. The molecule has 0 aliphatic carbocycles. The SMILES string of the molecule is CC(C)(C)OC(=O)CCOCCOCCOCCOCCOCCOCCOCCOCCOCCOCCOCCOCCOCC(=O)O. The average molecular weight is 733 g/mol. The van der Waals surface area contributed by atoms with Crippen molar-refractivity contribution < 1.29 is 81.0 Å². The quantitative estimate of drug-likeness (QED) is 0.0694. The summed E-state index contributed by atoms with van der Waals surface area (Å²) >= 11 is 0. The van der Waals surface area contributed by atoms with E-state index in [1.54, 1.807) is 0 Å². The molecule has 0 radical (unpaired) electrons. The topological polar surface area (TPSA) is 184 Å². The predicted octanol–water partition coefficient (Wildman–Crippen LogP) is 1.02. The summed E-state index contributed by atoms with van der Waals surface area (Å²) in [4.78, 5) is 21.8. The summed E-state index contributed by atoms with van der Waals surface area (Å²) in [6, 6.07) is 0. The Labute approximate surface area is 297 Å². The van der Waals surface area contributed by atoms with Crippen LogP contribution in [0.1, 0.15) is 27.2 Å². The monoisotopic (exact) mass is 732 g/mol. The van der Waals surface area contributed by atoms with Gasteiger partial charge in [-0.2, -0.15) is 0 Å². The summed E-state index contributed by atoms with van der Waals surface area (Å²) in [5.41, 5.74) is -0.479. The number of esters is 1. The summed E-state index contributed by atoms with van der Waals surface area (Å²) < 4.78 is 75.1. The van der Waals surface area contributed by atoms with Crippen LogP contribution in [0.25, 0.3) is 0 Å². The van der Waals surface area contributed by atoms with E-state index in [2.05, 4.69) is 0 Å². The first kappa shape index (κ1) is 48.4. The second-order valence-corrected chi connectivity index (χ2v) is 11.1. The van der Waals surface area contributed by atoms with Crippen molar-refractivity contribution >= 4 is 11.9 Å². The van der Waals surface area contributed by atoms with Crippen LogP contribution in [-0.2, 0) is 75.9 Å². The lowest BCUT2D eigenvalue weighted by Gasteiger charge is -2.19. The van der Waals surface area contributed by atoms with Crippen LogP contribution < -0.4 is 0 Å². The van der Waals surface area contributed by atoms with Gasteiger partial charge < -0.3 is 71.4 Å². The maximum atomic E-state index is 11.6. The largest absolute Gasteiger partial charge is 0.480 e. The fourth-order valence-corrected chi connectivity index (χ4v) is 3.35. The molecule has 0 rings (SSSR count). The maximum Gasteiger partial charge on any atom is 0.329 e. The number of carbonyl (C=O) groups excluding carboxylic acids is 1. The van der Waals surface area contributed by atoms with Gasteiger partial charge in [-0.1, -0.05) is 0 Å². The highest BCUT2D eigenvalue weighted by Crippen LogP contribution is 2.08. The summed E-state index contributed by atoms with van der Waals surface area (Å²) in [5, 5.41) is 8.43. The number of hydrogen-bond donors (Lipinski definition) is 1. The van der Waals surface area contributed by atoms with Crippen molar-refractivity contribution in [1.29, 1.82) is 0 Å². The van der Waals surface area contributed by atoms with E-state index >= 15 is 0 Å². The third kappa shape index (κ3) is 44.4. The minimum Gasteiger partial charge on any atom is -0.480 e. The maximum absolute atomic E-state index is 11.6. The average Bonchev–Trinajstić information content (AvgIpc) is 3.06. The Kier molecular flexibility index (Phi) is 37.4. The number of aliphatic carboxylic acids is 1. The van der Waals surface area contributed by atoms with E-state index in [1.165, 1.54) is 0 Å². The number of carboxylic acids is 1. The Bertz CT molecular complexity index is 723. The summed E-state index contributed by atoms with van der Waals surface area (Å²) in [6.45, 7) is 16.3. The smallest absolute Gasteiger partial charge is 0.329 e. The van der Waals surface area contributed by atoms with E-state index in [-0.39, 0.29) is 25.6 Å². The molecule has 298 valence electrons. The van der Waals surface area contributed by atoms with Crippen molar-refractivity contribution in [3.05, 3.63) is 0 Å². The Hall–Kier alpha value is -1.58. The standard InChI is InChI=1S/C33H64O17/c1-33(2,3)50-32(36)4-5-37-6-7-38-8-9-39-10-11-40-12-13-41-14-15-42-16-17-43-18-19-44-20-21-45-22-23-46-24-25-47-26-27-48-28-29-49-30-31(34)35/h4-30H2,1-3H3,(H,34,35). The van der Waals surface area contributed by atoms with E-state index in [0.717, 1.165) is 0 Å². The van der Waals surface area contributed by atoms with Gasteiger partial charge in [0.1, 0.15) is 12.2 Å². The normalized spacial score (nSPS) is 11.7. The van der Waals surface area contributed by atoms with Gasteiger partial charge in [0.05, 0.1) is 172 Å². The van der Waals surface area contributed by atoms with Gasteiger partial charge in [0, 0.05) is 0 Å². The second-order valence-electron chi connectivity index (χ2n) is 11.1.